The number of carbonyl (C=O) groups excluding carboxylic acids is 1. The average molecular weight is 282 g/mol. The fourth-order valence-corrected chi connectivity index (χ4v) is 1.75. The Hall–Kier alpha value is -1.81. The van der Waals surface area contributed by atoms with Gasteiger partial charge in [0.05, 0.1) is 17.0 Å². The van der Waals surface area contributed by atoms with E-state index in [4.69, 9.17) is 11.6 Å². The zero-order valence-corrected chi connectivity index (χ0v) is 10.8. The zero-order chi connectivity index (χ0) is 14.0. The fraction of sp³-hybridized carbons (Fsp3) is 0.143. The number of nitrogens with zero attached hydrogens (tertiary/aromatic N) is 1. The molecule has 0 saturated carbocycles. The summed E-state index contributed by atoms with van der Waals surface area (Å²) >= 11 is 5.43. The summed E-state index contributed by atoms with van der Waals surface area (Å²) in [6.07, 6.45) is 1.53. The molecule has 0 N–H and O–H groups in total. The molecule has 0 amide bonds. The monoisotopic (exact) mass is 281 g/mol. The molecule has 0 spiro atoms. The second-order valence-electron chi connectivity index (χ2n) is 4.17. The summed E-state index contributed by atoms with van der Waals surface area (Å²) in [5, 5.41) is -0.345. The van der Waals surface area contributed by atoms with Crippen molar-refractivity contribution in [2.75, 3.05) is 0 Å². The van der Waals surface area contributed by atoms with E-state index in [1.807, 2.05) is 6.92 Å². The molecule has 1 aromatic carbocycles. The Bertz CT molecular complexity index is 626. The number of aromatic nitrogens is 1. The van der Waals surface area contributed by atoms with Gasteiger partial charge in [-0.05, 0) is 30.7 Å². The molecule has 0 saturated heterocycles. The Morgan fingerprint density at radius 1 is 1.26 bits per heavy atom. The van der Waals surface area contributed by atoms with Gasteiger partial charge in [0.2, 0.25) is 0 Å². The first-order valence-corrected chi connectivity index (χ1v) is 5.94. The smallest absolute Gasteiger partial charge is 0.171 e. The van der Waals surface area contributed by atoms with E-state index in [0.29, 0.717) is 5.69 Å². The molecule has 0 bridgehead atoms. The van der Waals surface area contributed by atoms with Crippen LogP contribution in [0.4, 0.5) is 8.78 Å². The molecule has 0 aliphatic rings. The molecule has 1 heterocycles. The van der Waals surface area contributed by atoms with Crippen LogP contribution in [0.15, 0.2) is 30.5 Å². The molecule has 0 atom stereocenters. The lowest BCUT2D eigenvalue weighted by atomic mass is 10.1. The van der Waals surface area contributed by atoms with Gasteiger partial charge in [-0.1, -0.05) is 17.7 Å². The number of hydrogen-bond acceptors (Lipinski definition) is 2. The number of halogens is 3. The van der Waals surface area contributed by atoms with E-state index < -0.39 is 17.4 Å². The standard InChI is InChI=1S/C14H10ClF2NO/c1-8-2-3-9(18-7-8)4-14(19)10-5-13(17)11(15)6-12(10)16/h2-3,5-7H,4H2,1H3. The molecule has 0 aliphatic heterocycles. The lowest BCUT2D eigenvalue weighted by Gasteiger charge is -2.04. The minimum absolute atomic E-state index is 0.0850. The van der Waals surface area contributed by atoms with Crippen LogP contribution in [0.25, 0.3) is 0 Å². The highest BCUT2D eigenvalue weighted by atomic mass is 35.5. The van der Waals surface area contributed by atoms with Crippen molar-refractivity contribution >= 4 is 17.4 Å². The van der Waals surface area contributed by atoms with Crippen LogP contribution in [0.2, 0.25) is 5.02 Å². The highest BCUT2D eigenvalue weighted by Crippen LogP contribution is 2.20. The van der Waals surface area contributed by atoms with Crippen LogP contribution < -0.4 is 0 Å². The highest BCUT2D eigenvalue weighted by molar-refractivity contribution is 6.30. The van der Waals surface area contributed by atoms with Gasteiger partial charge in [0.25, 0.3) is 0 Å². The Morgan fingerprint density at radius 2 is 2.00 bits per heavy atom. The first-order chi connectivity index (χ1) is 8.97. The van der Waals surface area contributed by atoms with Crippen molar-refractivity contribution < 1.29 is 13.6 Å². The van der Waals surface area contributed by atoms with Gasteiger partial charge in [-0.2, -0.15) is 0 Å². The third-order valence-electron chi connectivity index (χ3n) is 2.62. The molecule has 0 fully saturated rings. The third-order valence-corrected chi connectivity index (χ3v) is 2.91. The van der Waals surface area contributed by atoms with Gasteiger partial charge >= 0.3 is 0 Å². The van der Waals surface area contributed by atoms with Crippen molar-refractivity contribution in [3.8, 4) is 0 Å². The number of aryl methyl sites for hydroxylation is 1. The second kappa shape index (κ2) is 5.45. The van der Waals surface area contributed by atoms with E-state index >= 15 is 0 Å². The van der Waals surface area contributed by atoms with Gasteiger partial charge in [-0.3, -0.25) is 9.78 Å². The topological polar surface area (TPSA) is 30.0 Å². The molecule has 2 aromatic rings. The van der Waals surface area contributed by atoms with E-state index in [-0.39, 0.29) is 17.0 Å². The van der Waals surface area contributed by atoms with E-state index in [2.05, 4.69) is 4.98 Å². The van der Waals surface area contributed by atoms with E-state index in [1.165, 1.54) is 0 Å². The SMILES string of the molecule is Cc1ccc(CC(=O)c2cc(F)c(Cl)cc2F)nc1. The number of benzene rings is 1. The lowest BCUT2D eigenvalue weighted by Crippen LogP contribution is -2.08. The second-order valence-corrected chi connectivity index (χ2v) is 4.58. The lowest BCUT2D eigenvalue weighted by molar-refractivity contribution is 0.0987. The normalized spacial score (nSPS) is 10.5. The summed E-state index contributed by atoms with van der Waals surface area (Å²) in [6.45, 7) is 1.87. The fourth-order valence-electron chi connectivity index (χ4n) is 1.60. The van der Waals surface area contributed by atoms with Crippen LogP contribution >= 0.6 is 11.6 Å². The first-order valence-electron chi connectivity index (χ1n) is 5.56. The maximum absolute atomic E-state index is 13.6. The van der Waals surface area contributed by atoms with Gasteiger partial charge in [0.1, 0.15) is 11.6 Å². The number of ketones is 1. The van der Waals surface area contributed by atoms with Crippen molar-refractivity contribution in [1.29, 1.82) is 0 Å². The number of carbonyl (C=O) groups is 1. The molecular weight excluding hydrogens is 272 g/mol. The Balaban J connectivity index is 2.25. The van der Waals surface area contributed by atoms with Crippen LogP contribution in [0.1, 0.15) is 21.6 Å². The summed E-state index contributed by atoms with van der Waals surface area (Å²) in [6, 6.07) is 5.09. The number of hydrogen-bond donors (Lipinski definition) is 0. The van der Waals surface area contributed by atoms with Gasteiger partial charge in [-0.25, -0.2) is 8.78 Å². The zero-order valence-electron chi connectivity index (χ0n) is 10.1. The molecule has 2 rings (SSSR count). The molecule has 0 unspecified atom stereocenters. The van der Waals surface area contributed by atoms with Gasteiger partial charge < -0.3 is 0 Å². The van der Waals surface area contributed by atoms with Crippen molar-refractivity contribution in [2.45, 2.75) is 13.3 Å². The van der Waals surface area contributed by atoms with Crippen LogP contribution in [-0.4, -0.2) is 10.8 Å². The maximum Gasteiger partial charge on any atom is 0.171 e. The molecule has 0 radical (unpaired) electrons. The summed E-state index contributed by atoms with van der Waals surface area (Å²) in [5.41, 5.74) is 1.15. The summed E-state index contributed by atoms with van der Waals surface area (Å²) in [5.74, 6) is -2.18. The maximum atomic E-state index is 13.6. The first kappa shape index (κ1) is 13.6. The number of pyridine rings is 1. The van der Waals surface area contributed by atoms with E-state index in [9.17, 15) is 13.6 Å². The molecule has 1 aromatic heterocycles. The van der Waals surface area contributed by atoms with E-state index in [0.717, 1.165) is 17.7 Å². The summed E-state index contributed by atoms with van der Waals surface area (Å²) in [7, 11) is 0. The molecule has 5 heteroatoms. The van der Waals surface area contributed by atoms with Crippen molar-refractivity contribution in [3.05, 3.63) is 63.9 Å². The Kier molecular flexibility index (Phi) is 3.90. The van der Waals surface area contributed by atoms with Gasteiger partial charge in [0, 0.05) is 11.9 Å². The van der Waals surface area contributed by atoms with Crippen LogP contribution in [0.5, 0.6) is 0 Å². The Morgan fingerprint density at radius 3 is 2.63 bits per heavy atom. The van der Waals surface area contributed by atoms with Crippen molar-refractivity contribution in [1.82, 2.24) is 4.98 Å². The molecule has 98 valence electrons. The van der Waals surface area contributed by atoms with Gasteiger partial charge in [0.15, 0.2) is 5.78 Å². The summed E-state index contributed by atoms with van der Waals surface area (Å²) < 4.78 is 26.8. The van der Waals surface area contributed by atoms with Crippen LogP contribution in [0, 0.1) is 18.6 Å². The molecular formula is C14H10ClF2NO. The van der Waals surface area contributed by atoms with Crippen molar-refractivity contribution in [2.24, 2.45) is 0 Å². The van der Waals surface area contributed by atoms with Crippen molar-refractivity contribution in [3.63, 3.8) is 0 Å². The minimum atomic E-state index is -0.830. The van der Waals surface area contributed by atoms with E-state index in [1.54, 1.807) is 18.3 Å². The number of rotatable bonds is 3. The minimum Gasteiger partial charge on any atom is -0.294 e. The third kappa shape index (κ3) is 3.15. The predicted molar refractivity (Wildman–Crippen MR) is 68.4 cm³/mol. The molecule has 2 nitrogen and oxygen atoms in total. The largest absolute Gasteiger partial charge is 0.294 e. The number of Topliss-reactive ketones (excluding diaryl/α,β-unsaturated/α-hetero) is 1. The average Bonchev–Trinajstić information content (AvgIpc) is 2.36. The van der Waals surface area contributed by atoms with Crippen LogP contribution in [-0.2, 0) is 6.42 Å². The Labute approximate surface area is 114 Å². The van der Waals surface area contributed by atoms with Gasteiger partial charge in [-0.15, -0.1) is 0 Å². The summed E-state index contributed by atoms with van der Waals surface area (Å²) in [4.78, 5) is 15.9. The quantitative estimate of drug-likeness (QED) is 0.633. The predicted octanol–water partition coefficient (Wildman–Crippen LogP) is 3.75. The van der Waals surface area contributed by atoms with Crippen LogP contribution in [0.3, 0.4) is 0 Å². The molecule has 0 aliphatic carbocycles. The molecule has 19 heavy (non-hydrogen) atoms. The highest BCUT2D eigenvalue weighted by Gasteiger charge is 2.16.